The van der Waals surface area contributed by atoms with Gasteiger partial charge in [-0.15, -0.1) is 0 Å². The molecule has 4 aromatic rings. The Kier molecular flexibility index (Phi) is 6.82. The van der Waals surface area contributed by atoms with E-state index in [1.807, 2.05) is 85.6 Å². The number of rotatable bonds is 6. The molecule has 3 amide bonds. The number of aromatic nitrogens is 1. The van der Waals surface area contributed by atoms with Gasteiger partial charge >= 0.3 is 6.03 Å². The molecular weight excluding hydrogens is 460 g/mol. The number of hydrogen-bond acceptors (Lipinski definition) is 2. The lowest BCUT2D eigenvalue weighted by atomic mass is 9.97. The van der Waals surface area contributed by atoms with Gasteiger partial charge < -0.3 is 14.8 Å². The van der Waals surface area contributed by atoms with E-state index in [1.165, 1.54) is 0 Å². The summed E-state index contributed by atoms with van der Waals surface area (Å²) in [6, 6.07) is 29.4. The van der Waals surface area contributed by atoms with Crippen LogP contribution in [-0.2, 0) is 11.3 Å². The second-order valence-corrected chi connectivity index (χ2v) is 9.73. The molecule has 188 valence electrons. The van der Waals surface area contributed by atoms with Crippen LogP contribution in [0.2, 0.25) is 0 Å². The highest BCUT2D eigenvalue weighted by Gasteiger charge is 2.37. The van der Waals surface area contributed by atoms with E-state index in [2.05, 4.69) is 47.1 Å². The normalized spacial score (nSPS) is 14.2. The molecule has 1 atom stereocenters. The summed E-state index contributed by atoms with van der Waals surface area (Å²) < 4.78 is 2.15. The van der Waals surface area contributed by atoms with E-state index in [4.69, 9.17) is 0 Å². The third kappa shape index (κ3) is 4.87. The highest BCUT2D eigenvalue weighted by molar-refractivity contribution is 6.00. The molecule has 1 unspecified atom stereocenters. The van der Waals surface area contributed by atoms with E-state index < -0.39 is 0 Å². The van der Waals surface area contributed by atoms with Gasteiger partial charge in [-0.3, -0.25) is 9.69 Å². The van der Waals surface area contributed by atoms with Crippen molar-refractivity contribution in [1.29, 1.82) is 0 Å². The van der Waals surface area contributed by atoms with Crippen molar-refractivity contribution in [3.8, 4) is 5.69 Å². The van der Waals surface area contributed by atoms with Gasteiger partial charge in [0.15, 0.2) is 0 Å². The minimum Gasteiger partial charge on any atom is -0.334 e. The number of hydrogen-bond donors (Lipinski definition) is 1. The number of urea groups is 1. The smallest absolute Gasteiger partial charge is 0.318 e. The number of carbonyl (C=O) groups is 2. The summed E-state index contributed by atoms with van der Waals surface area (Å²) in [6.45, 7) is 6.29. The Bertz CT molecular complexity index is 1390. The summed E-state index contributed by atoms with van der Waals surface area (Å²) in [4.78, 5) is 30.8. The Balaban J connectivity index is 1.47. The minimum absolute atomic E-state index is 0.0320. The fraction of sp³-hybridized carbons (Fsp3) is 0.226. The second-order valence-electron chi connectivity index (χ2n) is 9.73. The zero-order chi connectivity index (χ0) is 25.9. The summed E-state index contributed by atoms with van der Waals surface area (Å²) in [6.07, 6.45) is 2.04. The summed E-state index contributed by atoms with van der Waals surface area (Å²) in [5.41, 5.74) is 5.99. The predicted molar refractivity (Wildman–Crippen MR) is 147 cm³/mol. The maximum atomic E-state index is 14.1. The summed E-state index contributed by atoms with van der Waals surface area (Å²) in [7, 11) is 0. The van der Waals surface area contributed by atoms with Gasteiger partial charge in [-0.25, -0.2) is 4.79 Å². The first-order valence-electron chi connectivity index (χ1n) is 12.7. The minimum atomic E-state index is -0.306. The molecule has 0 bridgehead atoms. The van der Waals surface area contributed by atoms with Gasteiger partial charge in [0.25, 0.3) is 0 Å². The Morgan fingerprint density at radius 1 is 0.865 bits per heavy atom. The average Bonchev–Trinajstić information content (AvgIpc) is 3.40. The largest absolute Gasteiger partial charge is 0.334 e. The van der Waals surface area contributed by atoms with Crippen molar-refractivity contribution in [2.24, 2.45) is 0 Å². The van der Waals surface area contributed by atoms with Gasteiger partial charge in [0, 0.05) is 18.8 Å². The van der Waals surface area contributed by atoms with Crippen LogP contribution >= 0.6 is 0 Å². The van der Waals surface area contributed by atoms with Gasteiger partial charge in [-0.2, -0.15) is 0 Å². The first-order chi connectivity index (χ1) is 17.9. The van der Waals surface area contributed by atoms with Crippen molar-refractivity contribution in [2.45, 2.75) is 39.4 Å². The maximum absolute atomic E-state index is 14.1. The van der Waals surface area contributed by atoms with Crippen LogP contribution in [-0.4, -0.2) is 34.0 Å². The summed E-state index contributed by atoms with van der Waals surface area (Å²) in [5, 5.41) is 2.98. The van der Waals surface area contributed by atoms with Gasteiger partial charge in [-0.1, -0.05) is 72.3 Å². The van der Waals surface area contributed by atoms with Crippen LogP contribution in [0.1, 0.15) is 42.3 Å². The quantitative estimate of drug-likeness (QED) is 0.368. The van der Waals surface area contributed by atoms with Crippen molar-refractivity contribution in [2.75, 3.05) is 11.4 Å². The number of anilines is 1. The van der Waals surface area contributed by atoms with Crippen molar-refractivity contribution < 1.29 is 9.59 Å². The van der Waals surface area contributed by atoms with Crippen LogP contribution in [0.4, 0.5) is 10.5 Å². The Hall–Kier alpha value is -4.32. The Labute approximate surface area is 218 Å². The molecule has 6 heteroatoms. The highest BCUT2D eigenvalue weighted by atomic mass is 16.2. The van der Waals surface area contributed by atoms with Gasteiger partial charge in [-0.05, 0) is 56.2 Å². The number of para-hydroxylation sites is 2. The molecule has 0 fully saturated rings. The van der Waals surface area contributed by atoms with E-state index in [1.54, 1.807) is 4.90 Å². The number of nitrogens with zero attached hydrogens (tertiary/aromatic N) is 3. The lowest BCUT2D eigenvalue weighted by Gasteiger charge is -2.40. The monoisotopic (exact) mass is 492 g/mol. The van der Waals surface area contributed by atoms with E-state index >= 15 is 0 Å². The molecule has 1 aliphatic rings. The van der Waals surface area contributed by atoms with E-state index in [9.17, 15) is 9.59 Å². The molecule has 3 aromatic carbocycles. The molecular formula is C31H32N4O2. The first-order valence-corrected chi connectivity index (χ1v) is 12.7. The highest BCUT2D eigenvalue weighted by Crippen LogP contribution is 2.42. The van der Waals surface area contributed by atoms with Crippen molar-refractivity contribution >= 4 is 17.6 Å². The van der Waals surface area contributed by atoms with Gasteiger partial charge in [0.1, 0.15) is 12.6 Å². The molecule has 0 radical (unpaired) electrons. The zero-order valence-electron chi connectivity index (χ0n) is 21.5. The van der Waals surface area contributed by atoms with Crippen LogP contribution < -0.4 is 10.2 Å². The lowest BCUT2D eigenvalue weighted by Crippen LogP contribution is -2.51. The lowest BCUT2D eigenvalue weighted by molar-refractivity contribution is -0.120. The van der Waals surface area contributed by atoms with Crippen molar-refractivity contribution in [1.82, 2.24) is 14.8 Å². The van der Waals surface area contributed by atoms with Gasteiger partial charge in [0.05, 0.1) is 17.1 Å². The summed E-state index contributed by atoms with van der Waals surface area (Å²) in [5.74, 6) is -0.131. The molecule has 0 spiro atoms. The fourth-order valence-corrected chi connectivity index (χ4v) is 4.91. The standard InChI is InChI=1S/C31H32N4O2/c1-22(2)34(31(37)32-20-24-10-5-4-6-11-24)21-29(36)35-27-13-8-7-12-26(27)33-19-9-14-28(33)30(35)25-17-15-23(3)16-18-25/h4-19,22,30H,20-21H2,1-3H3,(H,32,37). The Morgan fingerprint density at radius 2 is 1.54 bits per heavy atom. The number of benzene rings is 3. The van der Waals surface area contributed by atoms with Gasteiger partial charge in [0.2, 0.25) is 5.91 Å². The number of nitrogens with one attached hydrogen (secondary N) is 1. The van der Waals surface area contributed by atoms with Crippen molar-refractivity contribution in [3.63, 3.8) is 0 Å². The number of amides is 3. The topological polar surface area (TPSA) is 57.6 Å². The maximum Gasteiger partial charge on any atom is 0.318 e. The molecule has 0 saturated carbocycles. The van der Waals surface area contributed by atoms with E-state index in [-0.39, 0.29) is 30.6 Å². The van der Waals surface area contributed by atoms with Crippen LogP contribution in [0.5, 0.6) is 0 Å². The number of aryl methyl sites for hydroxylation is 1. The molecule has 1 aliphatic heterocycles. The number of fused-ring (bicyclic) bond motifs is 3. The molecule has 1 N–H and O–H groups in total. The van der Waals surface area contributed by atoms with Crippen LogP contribution in [0.15, 0.2) is 97.2 Å². The molecule has 5 rings (SSSR count). The van der Waals surface area contributed by atoms with Crippen molar-refractivity contribution in [3.05, 3.63) is 120 Å². The third-order valence-electron chi connectivity index (χ3n) is 6.86. The average molecular weight is 493 g/mol. The molecule has 0 saturated heterocycles. The molecule has 0 aliphatic carbocycles. The SMILES string of the molecule is Cc1ccc(C2c3cccn3-c3ccccc3N2C(=O)CN(C(=O)NCc2ccccc2)C(C)C)cc1. The summed E-state index contributed by atoms with van der Waals surface area (Å²) >= 11 is 0. The predicted octanol–water partition coefficient (Wildman–Crippen LogP) is 5.84. The molecule has 1 aromatic heterocycles. The van der Waals surface area contributed by atoms with E-state index in [0.29, 0.717) is 6.54 Å². The fourth-order valence-electron chi connectivity index (χ4n) is 4.91. The third-order valence-corrected chi connectivity index (χ3v) is 6.86. The molecule has 2 heterocycles. The second kappa shape index (κ2) is 10.3. The van der Waals surface area contributed by atoms with Crippen LogP contribution in [0.3, 0.4) is 0 Å². The van der Waals surface area contributed by atoms with E-state index in [0.717, 1.165) is 33.8 Å². The molecule has 37 heavy (non-hydrogen) atoms. The van der Waals surface area contributed by atoms with Crippen LogP contribution in [0, 0.1) is 6.92 Å². The van der Waals surface area contributed by atoms with Crippen LogP contribution in [0.25, 0.3) is 5.69 Å². The zero-order valence-corrected chi connectivity index (χ0v) is 21.5. The Morgan fingerprint density at radius 3 is 2.24 bits per heavy atom. The molecule has 6 nitrogen and oxygen atoms in total. The number of carbonyl (C=O) groups excluding carboxylic acids is 2. The first kappa shape index (κ1) is 24.4.